The van der Waals surface area contributed by atoms with Crippen molar-refractivity contribution in [3.05, 3.63) is 41.5 Å². The Hall–Kier alpha value is -1.81. The van der Waals surface area contributed by atoms with Gasteiger partial charge in [-0.25, -0.2) is 0 Å². The fraction of sp³-hybridized carbons (Fsp3) is 0.625. The number of rotatable bonds is 3. The van der Waals surface area contributed by atoms with Gasteiger partial charge < -0.3 is 9.64 Å². The Morgan fingerprint density at radius 3 is 2.75 bits per heavy atom. The van der Waals surface area contributed by atoms with Crippen molar-refractivity contribution in [1.82, 2.24) is 9.80 Å². The van der Waals surface area contributed by atoms with Crippen molar-refractivity contribution in [2.45, 2.75) is 76.5 Å². The third-order valence-corrected chi connectivity index (χ3v) is 6.93. The minimum absolute atomic E-state index is 0.129. The predicted molar refractivity (Wildman–Crippen MR) is 112 cm³/mol. The third kappa shape index (κ3) is 4.27. The van der Waals surface area contributed by atoms with Gasteiger partial charge in [-0.1, -0.05) is 29.8 Å². The molecule has 0 N–H and O–H groups in total. The molecule has 1 saturated carbocycles. The molecule has 1 amide bonds. The normalized spacial score (nSPS) is 28.1. The number of benzene rings is 1. The van der Waals surface area contributed by atoms with Gasteiger partial charge in [-0.05, 0) is 57.4 Å². The standard InChI is InChI=1S/C24H34N2O2/c1-19(27)25(2)22-12-14-24(15-13-22)18-26(16-20-8-4-3-5-9-20)17-21-10-6-7-11-23(21)28-24/h6-8,10-11,22H,3-5,9,12-18H2,1-2H3. The lowest BCUT2D eigenvalue weighted by atomic mass is 9.81. The van der Waals surface area contributed by atoms with Crippen LogP contribution in [0, 0.1) is 0 Å². The summed E-state index contributed by atoms with van der Waals surface area (Å²) >= 11 is 0. The van der Waals surface area contributed by atoms with E-state index in [4.69, 9.17) is 4.74 Å². The second-order valence-corrected chi connectivity index (χ2v) is 9.01. The smallest absolute Gasteiger partial charge is 0.219 e. The molecule has 0 saturated heterocycles. The zero-order chi connectivity index (χ0) is 19.6. The minimum atomic E-state index is -0.129. The van der Waals surface area contributed by atoms with Crippen LogP contribution in [0.3, 0.4) is 0 Å². The van der Waals surface area contributed by atoms with Crippen molar-refractivity contribution in [2.75, 3.05) is 20.1 Å². The quantitative estimate of drug-likeness (QED) is 0.720. The molecule has 28 heavy (non-hydrogen) atoms. The van der Waals surface area contributed by atoms with Crippen molar-refractivity contribution in [1.29, 1.82) is 0 Å². The lowest BCUT2D eigenvalue weighted by molar-refractivity contribution is -0.131. The minimum Gasteiger partial charge on any atom is -0.486 e. The van der Waals surface area contributed by atoms with E-state index in [0.717, 1.165) is 51.1 Å². The van der Waals surface area contributed by atoms with Gasteiger partial charge in [0.15, 0.2) is 0 Å². The molecule has 2 aliphatic carbocycles. The molecule has 4 rings (SSSR count). The summed E-state index contributed by atoms with van der Waals surface area (Å²) in [5.41, 5.74) is 2.78. The number of allylic oxidation sites excluding steroid dienone is 1. The van der Waals surface area contributed by atoms with Crippen LogP contribution >= 0.6 is 0 Å². The molecule has 0 aromatic heterocycles. The zero-order valence-corrected chi connectivity index (χ0v) is 17.5. The van der Waals surface area contributed by atoms with Crippen LogP contribution in [-0.2, 0) is 11.3 Å². The number of para-hydroxylation sites is 1. The highest BCUT2D eigenvalue weighted by atomic mass is 16.5. The molecule has 0 unspecified atom stereocenters. The summed E-state index contributed by atoms with van der Waals surface area (Å²) in [5, 5.41) is 0. The zero-order valence-electron chi connectivity index (χ0n) is 17.5. The lowest BCUT2D eigenvalue weighted by Crippen LogP contribution is -2.51. The monoisotopic (exact) mass is 382 g/mol. The molecule has 3 aliphatic rings. The van der Waals surface area contributed by atoms with Gasteiger partial charge in [-0.15, -0.1) is 0 Å². The predicted octanol–water partition coefficient (Wildman–Crippen LogP) is 4.54. The molecule has 1 aliphatic heterocycles. The van der Waals surface area contributed by atoms with E-state index < -0.39 is 0 Å². The van der Waals surface area contributed by atoms with Gasteiger partial charge in [0.2, 0.25) is 5.91 Å². The van der Waals surface area contributed by atoms with Crippen molar-refractivity contribution < 1.29 is 9.53 Å². The Bertz CT molecular complexity index is 734. The van der Waals surface area contributed by atoms with Gasteiger partial charge in [0.1, 0.15) is 11.4 Å². The van der Waals surface area contributed by atoms with Gasteiger partial charge in [0.05, 0.1) is 0 Å². The topological polar surface area (TPSA) is 32.8 Å². The molecule has 1 aromatic rings. The number of hydrogen-bond donors (Lipinski definition) is 0. The van der Waals surface area contributed by atoms with Gasteiger partial charge >= 0.3 is 0 Å². The third-order valence-electron chi connectivity index (χ3n) is 6.93. The highest BCUT2D eigenvalue weighted by Crippen LogP contribution is 2.39. The first-order chi connectivity index (χ1) is 13.5. The molecular weight excluding hydrogens is 348 g/mol. The Kier molecular flexibility index (Phi) is 5.77. The van der Waals surface area contributed by atoms with Gasteiger partial charge in [-0.2, -0.15) is 0 Å². The number of carbonyl (C=O) groups is 1. The Morgan fingerprint density at radius 1 is 1.25 bits per heavy atom. The number of ether oxygens (including phenoxy) is 1. The highest BCUT2D eigenvalue weighted by molar-refractivity contribution is 5.73. The molecule has 152 valence electrons. The van der Waals surface area contributed by atoms with E-state index in [2.05, 4.69) is 35.2 Å². The molecular formula is C24H34N2O2. The van der Waals surface area contributed by atoms with E-state index in [1.165, 1.54) is 31.2 Å². The number of hydrogen-bond acceptors (Lipinski definition) is 3. The second kappa shape index (κ2) is 8.28. The van der Waals surface area contributed by atoms with E-state index in [9.17, 15) is 4.79 Å². The van der Waals surface area contributed by atoms with E-state index in [0.29, 0.717) is 6.04 Å². The molecule has 1 fully saturated rings. The summed E-state index contributed by atoms with van der Waals surface area (Å²) in [7, 11) is 1.94. The van der Waals surface area contributed by atoms with E-state index in [1.807, 2.05) is 11.9 Å². The van der Waals surface area contributed by atoms with Crippen LogP contribution in [0.4, 0.5) is 0 Å². The Labute approximate surface area is 169 Å². The van der Waals surface area contributed by atoms with Crippen LogP contribution in [0.25, 0.3) is 0 Å². The molecule has 0 bridgehead atoms. The molecule has 0 atom stereocenters. The molecule has 4 nitrogen and oxygen atoms in total. The Morgan fingerprint density at radius 2 is 2.04 bits per heavy atom. The van der Waals surface area contributed by atoms with Crippen LogP contribution in [0.1, 0.15) is 63.9 Å². The fourth-order valence-electron chi connectivity index (χ4n) is 5.18. The van der Waals surface area contributed by atoms with Crippen molar-refractivity contribution in [3.8, 4) is 5.75 Å². The first kappa shape index (κ1) is 19.5. The summed E-state index contributed by atoms with van der Waals surface area (Å²) in [6.07, 6.45) is 11.7. The van der Waals surface area contributed by atoms with Gasteiger partial charge in [-0.3, -0.25) is 9.69 Å². The maximum Gasteiger partial charge on any atom is 0.219 e. The summed E-state index contributed by atoms with van der Waals surface area (Å²) < 4.78 is 6.73. The average Bonchev–Trinajstić information content (AvgIpc) is 2.84. The molecule has 1 spiro atoms. The molecule has 1 aromatic carbocycles. The fourth-order valence-corrected chi connectivity index (χ4v) is 5.18. The summed E-state index contributed by atoms with van der Waals surface area (Å²) in [6, 6.07) is 8.90. The van der Waals surface area contributed by atoms with Crippen LogP contribution in [-0.4, -0.2) is 47.5 Å². The van der Waals surface area contributed by atoms with Crippen LogP contribution in [0.2, 0.25) is 0 Å². The van der Waals surface area contributed by atoms with Crippen LogP contribution in [0.5, 0.6) is 5.75 Å². The number of amides is 1. The maximum atomic E-state index is 11.8. The van der Waals surface area contributed by atoms with Gasteiger partial charge in [0, 0.05) is 45.2 Å². The maximum absolute atomic E-state index is 11.8. The Balaban J connectivity index is 1.53. The van der Waals surface area contributed by atoms with Crippen molar-refractivity contribution >= 4 is 5.91 Å². The average molecular weight is 383 g/mol. The number of fused-ring (bicyclic) bond motifs is 1. The molecule has 1 heterocycles. The second-order valence-electron chi connectivity index (χ2n) is 9.01. The molecule has 4 heteroatoms. The molecule has 0 radical (unpaired) electrons. The van der Waals surface area contributed by atoms with Crippen molar-refractivity contribution in [2.24, 2.45) is 0 Å². The van der Waals surface area contributed by atoms with Crippen LogP contribution in [0.15, 0.2) is 35.9 Å². The van der Waals surface area contributed by atoms with E-state index in [1.54, 1.807) is 12.5 Å². The summed E-state index contributed by atoms with van der Waals surface area (Å²) in [4.78, 5) is 16.3. The number of nitrogens with zero attached hydrogens (tertiary/aromatic N) is 2. The SMILES string of the molecule is CC(=O)N(C)C1CCC2(CC1)CN(CC1=CCCCC1)Cc1ccccc1O2. The summed E-state index contributed by atoms with van der Waals surface area (Å²) in [6.45, 7) is 4.68. The first-order valence-corrected chi connectivity index (χ1v) is 11.0. The van der Waals surface area contributed by atoms with Crippen molar-refractivity contribution in [3.63, 3.8) is 0 Å². The summed E-state index contributed by atoms with van der Waals surface area (Å²) in [5.74, 6) is 1.22. The largest absolute Gasteiger partial charge is 0.486 e. The first-order valence-electron chi connectivity index (χ1n) is 11.0. The van der Waals surface area contributed by atoms with Crippen LogP contribution < -0.4 is 4.74 Å². The number of carbonyl (C=O) groups excluding carboxylic acids is 1. The lowest BCUT2D eigenvalue weighted by Gasteiger charge is -2.43. The highest BCUT2D eigenvalue weighted by Gasteiger charge is 2.42. The van der Waals surface area contributed by atoms with E-state index >= 15 is 0 Å². The van der Waals surface area contributed by atoms with Gasteiger partial charge in [0.25, 0.3) is 0 Å². The van der Waals surface area contributed by atoms with E-state index in [-0.39, 0.29) is 11.5 Å².